The standard InChI is InChI=1S/C16H35OP/c1-13(2)9-15(5,6)11-18(17)12-16(7,8)10-14(3)4/h13-14,17H,9-12H2,1-8H3. The fourth-order valence-electron chi connectivity index (χ4n) is 3.38. The molecule has 0 fully saturated rings. The maximum Gasteiger partial charge on any atom is 0.0262 e. The van der Waals surface area contributed by atoms with Gasteiger partial charge in [0.1, 0.15) is 0 Å². The first-order valence-electron chi connectivity index (χ1n) is 7.37. The quantitative estimate of drug-likeness (QED) is 0.578. The molecule has 0 radical (unpaired) electrons. The minimum Gasteiger partial charge on any atom is -0.374 e. The lowest BCUT2D eigenvalue weighted by Gasteiger charge is -2.33. The summed E-state index contributed by atoms with van der Waals surface area (Å²) in [6.07, 6.45) is 4.39. The molecule has 0 aliphatic rings. The van der Waals surface area contributed by atoms with Crippen LogP contribution in [0.2, 0.25) is 0 Å². The molecular weight excluding hydrogens is 239 g/mol. The number of hydrogen-bond donors (Lipinski definition) is 1. The zero-order valence-corrected chi connectivity index (χ0v) is 14.8. The van der Waals surface area contributed by atoms with Crippen LogP contribution in [0.25, 0.3) is 0 Å². The maximum atomic E-state index is 10.4. The van der Waals surface area contributed by atoms with Crippen LogP contribution in [0.4, 0.5) is 0 Å². The fourth-order valence-corrected chi connectivity index (χ4v) is 5.73. The molecule has 0 saturated carbocycles. The predicted molar refractivity (Wildman–Crippen MR) is 85.3 cm³/mol. The molecule has 1 nitrogen and oxygen atoms in total. The van der Waals surface area contributed by atoms with Crippen molar-refractivity contribution in [3.05, 3.63) is 0 Å². The lowest BCUT2D eigenvalue weighted by molar-refractivity contribution is 0.306. The molecule has 0 atom stereocenters. The van der Waals surface area contributed by atoms with E-state index in [9.17, 15) is 4.89 Å². The second-order valence-electron chi connectivity index (χ2n) is 8.35. The van der Waals surface area contributed by atoms with E-state index in [1.54, 1.807) is 0 Å². The zero-order valence-electron chi connectivity index (χ0n) is 13.9. The highest BCUT2D eigenvalue weighted by Gasteiger charge is 2.28. The monoisotopic (exact) mass is 274 g/mol. The minimum atomic E-state index is -0.818. The topological polar surface area (TPSA) is 20.2 Å². The summed E-state index contributed by atoms with van der Waals surface area (Å²) in [5, 5.41) is 0. The average molecular weight is 274 g/mol. The molecule has 0 bridgehead atoms. The Morgan fingerprint density at radius 3 is 1.28 bits per heavy atom. The Morgan fingerprint density at radius 1 is 0.778 bits per heavy atom. The molecule has 0 amide bonds. The molecule has 18 heavy (non-hydrogen) atoms. The lowest BCUT2D eigenvalue weighted by Crippen LogP contribution is -2.23. The number of rotatable bonds is 8. The molecule has 0 heterocycles. The van der Waals surface area contributed by atoms with Gasteiger partial charge in [0.15, 0.2) is 0 Å². The van der Waals surface area contributed by atoms with Gasteiger partial charge in [-0.1, -0.05) is 55.4 Å². The maximum absolute atomic E-state index is 10.4. The Hall–Kier alpha value is 0.390. The van der Waals surface area contributed by atoms with Crippen LogP contribution in [-0.2, 0) is 0 Å². The molecule has 0 spiro atoms. The second-order valence-corrected chi connectivity index (χ2v) is 9.99. The molecule has 110 valence electrons. The van der Waals surface area contributed by atoms with E-state index in [0.717, 1.165) is 12.3 Å². The number of hydrogen-bond acceptors (Lipinski definition) is 1. The van der Waals surface area contributed by atoms with Gasteiger partial charge in [0.05, 0.1) is 0 Å². The van der Waals surface area contributed by atoms with E-state index in [1.165, 1.54) is 12.8 Å². The molecule has 0 unspecified atom stereocenters. The van der Waals surface area contributed by atoms with Crippen molar-refractivity contribution in [3.63, 3.8) is 0 Å². The summed E-state index contributed by atoms with van der Waals surface area (Å²) in [6.45, 7) is 18.3. The third-order valence-corrected chi connectivity index (χ3v) is 5.58. The van der Waals surface area contributed by atoms with Gasteiger partial charge < -0.3 is 4.89 Å². The Bertz CT molecular complexity index is 207. The minimum absolute atomic E-state index is 0.280. The summed E-state index contributed by atoms with van der Waals surface area (Å²) in [6, 6.07) is 0. The Kier molecular flexibility index (Phi) is 7.40. The van der Waals surface area contributed by atoms with Gasteiger partial charge >= 0.3 is 0 Å². The van der Waals surface area contributed by atoms with Crippen LogP contribution in [0.15, 0.2) is 0 Å². The molecule has 0 aromatic heterocycles. The molecule has 0 aromatic rings. The second kappa shape index (κ2) is 7.25. The Labute approximate surface area is 117 Å². The van der Waals surface area contributed by atoms with E-state index in [0.29, 0.717) is 11.8 Å². The van der Waals surface area contributed by atoms with E-state index in [2.05, 4.69) is 55.4 Å². The first-order valence-corrected chi connectivity index (χ1v) is 9.04. The highest BCUT2D eigenvalue weighted by atomic mass is 31.1. The summed E-state index contributed by atoms with van der Waals surface area (Å²) in [7, 11) is -0.818. The normalized spacial score (nSPS) is 14.0. The van der Waals surface area contributed by atoms with E-state index >= 15 is 0 Å². The molecule has 2 heteroatoms. The van der Waals surface area contributed by atoms with E-state index in [1.807, 2.05) is 0 Å². The van der Waals surface area contributed by atoms with Crippen molar-refractivity contribution in [2.75, 3.05) is 12.3 Å². The summed E-state index contributed by atoms with van der Waals surface area (Å²) in [4.78, 5) is 10.4. The largest absolute Gasteiger partial charge is 0.374 e. The van der Waals surface area contributed by atoms with Crippen LogP contribution in [0.3, 0.4) is 0 Å². The van der Waals surface area contributed by atoms with Crippen molar-refractivity contribution in [1.29, 1.82) is 0 Å². The van der Waals surface area contributed by atoms with Crippen LogP contribution in [0.1, 0.15) is 68.2 Å². The first-order chi connectivity index (χ1) is 7.93. The SMILES string of the molecule is CC(C)CC(C)(C)CP(O)CC(C)(C)CC(C)C. The van der Waals surface area contributed by atoms with Crippen molar-refractivity contribution in [2.24, 2.45) is 22.7 Å². The summed E-state index contributed by atoms with van der Waals surface area (Å²) in [5.74, 6) is 1.43. The van der Waals surface area contributed by atoms with E-state index in [-0.39, 0.29) is 10.8 Å². The van der Waals surface area contributed by atoms with Crippen molar-refractivity contribution < 1.29 is 4.89 Å². The summed E-state index contributed by atoms with van der Waals surface area (Å²) < 4.78 is 0. The van der Waals surface area contributed by atoms with Crippen molar-refractivity contribution >= 4 is 8.15 Å². The van der Waals surface area contributed by atoms with Crippen molar-refractivity contribution in [2.45, 2.75) is 68.2 Å². The van der Waals surface area contributed by atoms with Crippen molar-refractivity contribution in [3.8, 4) is 0 Å². The van der Waals surface area contributed by atoms with Crippen LogP contribution < -0.4 is 0 Å². The summed E-state index contributed by atoms with van der Waals surface area (Å²) >= 11 is 0. The highest BCUT2D eigenvalue weighted by molar-refractivity contribution is 7.51. The van der Waals surface area contributed by atoms with Gasteiger partial charge in [0.25, 0.3) is 0 Å². The van der Waals surface area contributed by atoms with Crippen LogP contribution >= 0.6 is 8.15 Å². The lowest BCUT2D eigenvalue weighted by atomic mass is 9.86. The van der Waals surface area contributed by atoms with Gasteiger partial charge in [-0.05, 0) is 47.8 Å². The summed E-state index contributed by atoms with van der Waals surface area (Å²) in [5.41, 5.74) is 0.561. The van der Waals surface area contributed by atoms with Gasteiger partial charge in [-0.3, -0.25) is 0 Å². The van der Waals surface area contributed by atoms with Crippen LogP contribution in [-0.4, -0.2) is 17.2 Å². The zero-order chi connectivity index (χ0) is 14.6. The fraction of sp³-hybridized carbons (Fsp3) is 1.00. The first kappa shape index (κ1) is 18.4. The van der Waals surface area contributed by atoms with Crippen LogP contribution in [0.5, 0.6) is 0 Å². The molecule has 0 aliphatic heterocycles. The molecular formula is C16H35OP. The Balaban J connectivity index is 4.28. The van der Waals surface area contributed by atoms with Crippen LogP contribution in [0, 0.1) is 22.7 Å². The Morgan fingerprint density at radius 2 is 1.06 bits per heavy atom. The van der Waals surface area contributed by atoms with Gasteiger partial charge in [-0.25, -0.2) is 0 Å². The molecule has 0 aromatic carbocycles. The third kappa shape index (κ3) is 9.34. The van der Waals surface area contributed by atoms with Crippen molar-refractivity contribution in [1.82, 2.24) is 0 Å². The van der Waals surface area contributed by atoms with E-state index < -0.39 is 8.15 Å². The molecule has 0 rings (SSSR count). The van der Waals surface area contributed by atoms with E-state index in [4.69, 9.17) is 0 Å². The predicted octanol–water partition coefficient (Wildman–Crippen LogP) is 5.52. The average Bonchev–Trinajstić information content (AvgIpc) is 1.92. The molecule has 1 N–H and O–H groups in total. The highest BCUT2D eigenvalue weighted by Crippen LogP contribution is 2.46. The van der Waals surface area contributed by atoms with Gasteiger partial charge in [-0.2, -0.15) is 0 Å². The molecule has 0 saturated heterocycles. The smallest absolute Gasteiger partial charge is 0.0262 e. The molecule has 0 aliphatic carbocycles. The third-order valence-electron chi connectivity index (χ3n) is 3.14. The van der Waals surface area contributed by atoms with Gasteiger partial charge in [0, 0.05) is 8.15 Å². The van der Waals surface area contributed by atoms with Gasteiger partial charge in [-0.15, -0.1) is 0 Å². The van der Waals surface area contributed by atoms with Gasteiger partial charge in [0.2, 0.25) is 0 Å².